The Bertz CT molecular complexity index is 936. The third-order valence-corrected chi connectivity index (χ3v) is 4.41. The molecule has 0 aliphatic heterocycles. The van der Waals surface area contributed by atoms with E-state index >= 15 is 0 Å². The zero-order valence-corrected chi connectivity index (χ0v) is 16.8. The maximum Gasteiger partial charge on any atom is 0.362 e. The van der Waals surface area contributed by atoms with Gasteiger partial charge in [0, 0.05) is 9.13 Å². The van der Waals surface area contributed by atoms with Gasteiger partial charge in [-0.3, -0.25) is 4.79 Å². The molecule has 7 heteroatoms. The van der Waals surface area contributed by atoms with E-state index in [1.54, 1.807) is 25.3 Å². The number of carbonyl (C=O) groups is 2. The van der Waals surface area contributed by atoms with Crippen LogP contribution in [0.15, 0.2) is 60.8 Å². The van der Waals surface area contributed by atoms with E-state index in [1.807, 2.05) is 42.5 Å². The van der Waals surface area contributed by atoms with Crippen LogP contribution in [0, 0.1) is 3.57 Å². The number of para-hydroxylation sites is 1. The molecule has 2 aromatic carbocycles. The summed E-state index contributed by atoms with van der Waals surface area (Å²) in [6.45, 7) is 1.73. The minimum Gasteiger partial charge on any atom is -0.481 e. The van der Waals surface area contributed by atoms with Crippen molar-refractivity contribution in [2.24, 2.45) is 0 Å². The molecule has 3 aromatic rings. The quantitative estimate of drug-likeness (QED) is 0.294. The smallest absolute Gasteiger partial charge is 0.362 e. The van der Waals surface area contributed by atoms with Crippen LogP contribution in [0.5, 0.6) is 5.75 Å². The Balaban J connectivity index is 1.82. The van der Waals surface area contributed by atoms with Crippen LogP contribution in [0.1, 0.15) is 27.8 Å². The first-order chi connectivity index (χ1) is 13.1. The summed E-state index contributed by atoms with van der Waals surface area (Å²) in [5.41, 5.74) is 1.35. The van der Waals surface area contributed by atoms with Gasteiger partial charge in [0.1, 0.15) is 0 Å². The fraction of sp³-hybridized carbons (Fsp3) is 0.150. The van der Waals surface area contributed by atoms with Crippen molar-refractivity contribution in [1.82, 2.24) is 9.78 Å². The molecular formula is C20H17IN2O4. The number of nitrogens with zero attached hydrogens (tertiary/aromatic N) is 2. The van der Waals surface area contributed by atoms with Crippen molar-refractivity contribution in [3.05, 3.63) is 75.6 Å². The Morgan fingerprint density at radius 3 is 2.44 bits per heavy atom. The Hall–Kier alpha value is -2.68. The standard InChI is InChI=1S/C20H17IN2O4/c1-2-26-20(25)19-18(12-23(22-19)16-6-4-3-5-7-16)27-13-17(24)14-8-10-15(21)11-9-14/h3-12H,2,13H2,1H3. The first kappa shape index (κ1) is 19.1. The summed E-state index contributed by atoms with van der Waals surface area (Å²) in [6, 6.07) is 16.5. The van der Waals surface area contributed by atoms with Gasteiger partial charge in [0.05, 0.1) is 18.5 Å². The average molecular weight is 476 g/mol. The summed E-state index contributed by atoms with van der Waals surface area (Å²) in [7, 11) is 0. The average Bonchev–Trinajstić information content (AvgIpc) is 3.12. The molecule has 0 aliphatic rings. The van der Waals surface area contributed by atoms with Crippen LogP contribution < -0.4 is 4.74 Å². The Kier molecular flexibility index (Phi) is 6.23. The van der Waals surface area contributed by atoms with E-state index < -0.39 is 5.97 Å². The number of ketones is 1. The van der Waals surface area contributed by atoms with E-state index in [-0.39, 0.29) is 30.4 Å². The molecule has 0 spiro atoms. The van der Waals surface area contributed by atoms with E-state index in [4.69, 9.17) is 9.47 Å². The zero-order chi connectivity index (χ0) is 19.2. The lowest BCUT2D eigenvalue weighted by molar-refractivity contribution is 0.0513. The highest BCUT2D eigenvalue weighted by Crippen LogP contribution is 2.21. The topological polar surface area (TPSA) is 70.4 Å². The first-order valence-corrected chi connectivity index (χ1v) is 9.40. The third kappa shape index (κ3) is 4.73. The van der Waals surface area contributed by atoms with Gasteiger partial charge in [-0.1, -0.05) is 30.3 Å². The van der Waals surface area contributed by atoms with E-state index in [2.05, 4.69) is 27.7 Å². The van der Waals surface area contributed by atoms with Crippen LogP contribution in [-0.4, -0.2) is 34.7 Å². The number of esters is 1. The van der Waals surface area contributed by atoms with Crippen LogP contribution in [-0.2, 0) is 4.74 Å². The van der Waals surface area contributed by atoms with Gasteiger partial charge in [-0.2, -0.15) is 5.10 Å². The lowest BCUT2D eigenvalue weighted by Gasteiger charge is -2.05. The Morgan fingerprint density at radius 1 is 1.07 bits per heavy atom. The van der Waals surface area contributed by atoms with Crippen LogP contribution in [0.4, 0.5) is 0 Å². The van der Waals surface area contributed by atoms with Crippen molar-refractivity contribution in [2.75, 3.05) is 13.2 Å². The maximum absolute atomic E-state index is 12.3. The predicted molar refractivity (Wildman–Crippen MR) is 109 cm³/mol. The molecule has 27 heavy (non-hydrogen) atoms. The van der Waals surface area contributed by atoms with Crippen molar-refractivity contribution < 1.29 is 19.1 Å². The van der Waals surface area contributed by atoms with Crippen molar-refractivity contribution in [3.63, 3.8) is 0 Å². The van der Waals surface area contributed by atoms with Crippen molar-refractivity contribution >= 4 is 34.3 Å². The van der Waals surface area contributed by atoms with Crippen molar-refractivity contribution in [3.8, 4) is 11.4 Å². The molecular weight excluding hydrogens is 459 g/mol. The van der Waals surface area contributed by atoms with Gasteiger partial charge in [-0.25, -0.2) is 9.48 Å². The minimum absolute atomic E-state index is 0.0381. The molecule has 6 nitrogen and oxygen atoms in total. The molecule has 3 rings (SSSR count). The highest BCUT2D eigenvalue weighted by atomic mass is 127. The molecule has 0 atom stereocenters. The summed E-state index contributed by atoms with van der Waals surface area (Å²) in [5, 5.41) is 4.27. The van der Waals surface area contributed by atoms with Crippen LogP contribution in [0.2, 0.25) is 0 Å². The molecule has 1 aromatic heterocycles. The molecule has 0 saturated heterocycles. The van der Waals surface area contributed by atoms with Gasteiger partial charge < -0.3 is 9.47 Å². The number of aromatic nitrogens is 2. The molecule has 1 heterocycles. The van der Waals surface area contributed by atoms with Crippen LogP contribution in [0.3, 0.4) is 0 Å². The molecule has 0 amide bonds. The largest absolute Gasteiger partial charge is 0.481 e. The lowest BCUT2D eigenvalue weighted by atomic mass is 10.1. The number of Topliss-reactive ketones (excluding diaryl/α,β-unsaturated/α-hetero) is 1. The van der Waals surface area contributed by atoms with Crippen molar-refractivity contribution in [1.29, 1.82) is 0 Å². The third-order valence-electron chi connectivity index (χ3n) is 3.70. The van der Waals surface area contributed by atoms with E-state index in [0.717, 1.165) is 9.26 Å². The fourth-order valence-corrected chi connectivity index (χ4v) is 2.74. The maximum atomic E-state index is 12.3. The van der Waals surface area contributed by atoms with E-state index in [9.17, 15) is 9.59 Å². The molecule has 138 valence electrons. The second-order valence-electron chi connectivity index (χ2n) is 5.56. The fourth-order valence-electron chi connectivity index (χ4n) is 2.38. The van der Waals surface area contributed by atoms with Gasteiger partial charge in [0.25, 0.3) is 0 Å². The summed E-state index contributed by atoms with van der Waals surface area (Å²) in [6.07, 6.45) is 1.57. The molecule has 0 bridgehead atoms. The number of benzene rings is 2. The normalized spacial score (nSPS) is 10.4. The van der Waals surface area contributed by atoms with Gasteiger partial charge in [0.2, 0.25) is 5.69 Å². The molecule has 0 N–H and O–H groups in total. The Morgan fingerprint density at radius 2 is 1.78 bits per heavy atom. The molecule has 0 radical (unpaired) electrons. The predicted octanol–water partition coefficient (Wildman–Crippen LogP) is 3.92. The SMILES string of the molecule is CCOC(=O)c1nn(-c2ccccc2)cc1OCC(=O)c1ccc(I)cc1. The molecule has 0 saturated carbocycles. The highest BCUT2D eigenvalue weighted by Gasteiger charge is 2.21. The first-order valence-electron chi connectivity index (χ1n) is 8.32. The summed E-state index contributed by atoms with van der Waals surface area (Å²) >= 11 is 2.17. The monoisotopic (exact) mass is 476 g/mol. The molecule has 0 unspecified atom stereocenters. The lowest BCUT2D eigenvalue weighted by Crippen LogP contribution is -2.14. The van der Waals surface area contributed by atoms with Gasteiger partial charge in [-0.15, -0.1) is 0 Å². The van der Waals surface area contributed by atoms with Crippen LogP contribution >= 0.6 is 22.6 Å². The summed E-state index contributed by atoms with van der Waals surface area (Å²) in [4.78, 5) is 24.5. The van der Waals surface area contributed by atoms with Crippen molar-refractivity contribution in [2.45, 2.75) is 6.92 Å². The number of hydrogen-bond acceptors (Lipinski definition) is 5. The van der Waals surface area contributed by atoms with Crippen LogP contribution in [0.25, 0.3) is 5.69 Å². The van der Waals surface area contributed by atoms with Gasteiger partial charge >= 0.3 is 5.97 Å². The number of carbonyl (C=O) groups excluding carboxylic acids is 2. The summed E-state index contributed by atoms with van der Waals surface area (Å²) in [5.74, 6) is -0.575. The second kappa shape index (κ2) is 8.81. The number of hydrogen-bond donors (Lipinski definition) is 0. The Labute approximate surface area is 170 Å². The number of halogens is 1. The van der Waals surface area contributed by atoms with E-state index in [1.165, 1.54) is 4.68 Å². The van der Waals surface area contributed by atoms with Gasteiger partial charge in [0.15, 0.2) is 18.1 Å². The van der Waals surface area contributed by atoms with Gasteiger partial charge in [-0.05, 0) is 53.8 Å². The number of rotatable bonds is 7. The minimum atomic E-state index is -0.594. The highest BCUT2D eigenvalue weighted by molar-refractivity contribution is 14.1. The summed E-state index contributed by atoms with van der Waals surface area (Å²) < 4.78 is 13.2. The second-order valence-corrected chi connectivity index (χ2v) is 6.81. The molecule has 0 fully saturated rings. The zero-order valence-electron chi connectivity index (χ0n) is 14.6. The molecule has 0 aliphatic carbocycles. The van der Waals surface area contributed by atoms with E-state index in [0.29, 0.717) is 5.56 Å². The number of ether oxygens (including phenoxy) is 2.